The minimum absolute atomic E-state index is 0. The number of hydrogen-bond acceptors (Lipinski definition) is 6. The van der Waals surface area contributed by atoms with E-state index in [4.69, 9.17) is 0 Å². The Morgan fingerprint density at radius 3 is 2.40 bits per heavy atom. The Labute approximate surface area is 196 Å². The zero-order valence-corrected chi connectivity index (χ0v) is 21.6. The molecule has 0 fully saturated rings. The summed E-state index contributed by atoms with van der Waals surface area (Å²) in [5, 5.41) is 20.7. The van der Waals surface area contributed by atoms with Gasteiger partial charge < -0.3 is 16.0 Å². The molecule has 0 bridgehead atoms. The van der Waals surface area contributed by atoms with Gasteiger partial charge >= 0.3 is 0 Å². The van der Waals surface area contributed by atoms with Gasteiger partial charge in [0, 0.05) is 38.5 Å². The standard InChI is InChI=1S/C19H33N5O4S.HI/c1-14(9-10-19(2,3)4)23-18(20-5)22-12-11-21-16-8-7-15(29(6,27)28)13-17(16)24(25)26;/h7-8,13-14,21H,9-12H2,1-6H3,(H2,20,22,23);1H. The Morgan fingerprint density at radius 2 is 1.90 bits per heavy atom. The van der Waals surface area contributed by atoms with Crippen LogP contribution in [-0.2, 0) is 9.84 Å². The molecule has 0 spiro atoms. The molecule has 0 radical (unpaired) electrons. The zero-order chi connectivity index (χ0) is 22.2. The fraction of sp³-hybridized carbons (Fsp3) is 0.632. The zero-order valence-electron chi connectivity index (χ0n) is 18.5. The van der Waals surface area contributed by atoms with Gasteiger partial charge in [0.1, 0.15) is 5.69 Å². The molecule has 0 aromatic heterocycles. The van der Waals surface area contributed by atoms with E-state index in [1.807, 2.05) is 0 Å². The smallest absolute Gasteiger partial charge is 0.293 e. The number of sulfone groups is 1. The van der Waals surface area contributed by atoms with Gasteiger partial charge in [-0.15, -0.1) is 24.0 Å². The first kappa shape index (κ1) is 28.4. The summed E-state index contributed by atoms with van der Waals surface area (Å²) in [4.78, 5) is 14.8. The summed E-state index contributed by atoms with van der Waals surface area (Å²) in [5.74, 6) is 0.662. The fourth-order valence-electron chi connectivity index (χ4n) is 2.57. The van der Waals surface area contributed by atoms with Crippen LogP contribution in [0.2, 0.25) is 0 Å². The Balaban J connectivity index is 0.00000841. The topological polar surface area (TPSA) is 126 Å². The summed E-state index contributed by atoms with van der Waals surface area (Å²) < 4.78 is 23.2. The Bertz CT molecular complexity index is 838. The van der Waals surface area contributed by atoms with E-state index in [0.717, 1.165) is 25.2 Å². The number of nitro groups is 1. The lowest BCUT2D eigenvalue weighted by molar-refractivity contribution is -0.384. The summed E-state index contributed by atoms with van der Waals surface area (Å²) in [7, 11) is -1.82. The maximum atomic E-state index is 11.6. The summed E-state index contributed by atoms with van der Waals surface area (Å²) in [6, 6.07) is 4.10. The average Bonchev–Trinajstić information content (AvgIpc) is 2.60. The molecule has 172 valence electrons. The minimum atomic E-state index is -3.51. The highest BCUT2D eigenvalue weighted by Gasteiger charge is 2.18. The van der Waals surface area contributed by atoms with Crippen molar-refractivity contribution in [2.24, 2.45) is 10.4 Å². The number of nitrogens with one attached hydrogen (secondary N) is 3. The number of nitrogens with zero attached hydrogens (tertiary/aromatic N) is 2. The van der Waals surface area contributed by atoms with E-state index in [2.05, 4.69) is 48.6 Å². The molecule has 0 amide bonds. The number of guanidine groups is 1. The quantitative estimate of drug-likeness (QED) is 0.107. The van der Waals surface area contributed by atoms with E-state index in [1.54, 1.807) is 7.05 Å². The normalized spacial score (nSPS) is 13.2. The Kier molecular flexibility index (Phi) is 11.6. The van der Waals surface area contributed by atoms with Crippen molar-refractivity contribution in [1.82, 2.24) is 10.6 Å². The van der Waals surface area contributed by atoms with Gasteiger partial charge in [0.05, 0.1) is 9.82 Å². The van der Waals surface area contributed by atoms with Gasteiger partial charge in [0.15, 0.2) is 15.8 Å². The van der Waals surface area contributed by atoms with Crippen molar-refractivity contribution < 1.29 is 13.3 Å². The Morgan fingerprint density at radius 1 is 1.27 bits per heavy atom. The molecule has 0 aliphatic rings. The molecule has 1 unspecified atom stereocenters. The first-order chi connectivity index (χ1) is 13.3. The van der Waals surface area contributed by atoms with Crippen LogP contribution in [0, 0.1) is 15.5 Å². The third kappa shape index (κ3) is 10.4. The number of rotatable bonds is 9. The second-order valence-electron chi connectivity index (χ2n) is 8.28. The van der Waals surface area contributed by atoms with Crippen LogP contribution in [-0.4, -0.2) is 51.7 Å². The van der Waals surface area contributed by atoms with Crippen LogP contribution in [0.4, 0.5) is 11.4 Å². The number of benzene rings is 1. The van der Waals surface area contributed by atoms with Crippen molar-refractivity contribution in [1.29, 1.82) is 0 Å². The highest BCUT2D eigenvalue weighted by molar-refractivity contribution is 14.0. The van der Waals surface area contributed by atoms with Crippen LogP contribution >= 0.6 is 24.0 Å². The van der Waals surface area contributed by atoms with Crippen molar-refractivity contribution in [2.45, 2.75) is 51.5 Å². The molecule has 1 atom stereocenters. The van der Waals surface area contributed by atoms with E-state index < -0.39 is 14.8 Å². The van der Waals surface area contributed by atoms with Crippen LogP contribution in [0.3, 0.4) is 0 Å². The van der Waals surface area contributed by atoms with E-state index in [1.165, 1.54) is 12.1 Å². The van der Waals surface area contributed by atoms with Crippen molar-refractivity contribution in [3.8, 4) is 0 Å². The van der Waals surface area contributed by atoms with Gasteiger partial charge in [-0.2, -0.15) is 0 Å². The molecule has 1 rings (SSSR count). The first-order valence-electron chi connectivity index (χ1n) is 9.53. The molecule has 0 aliphatic carbocycles. The van der Waals surface area contributed by atoms with Crippen molar-refractivity contribution in [3.63, 3.8) is 0 Å². The predicted octanol–water partition coefficient (Wildman–Crippen LogP) is 3.41. The van der Waals surface area contributed by atoms with Gasteiger partial charge in [-0.1, -0.05) is 20.8 Å². The third-order valence-electron chi connectivity index (χ3n) is 4.26. The summed E-state index contributed by atoms with van der Waals surface area (Å²) in [6.45, 7) is 9.61. The lowest BCUT2D eigenvalue weighted by Crippen LogP contribution is -2.43. The lowest BCUT2D eigenvalue weighted by atomic mass is 9.89. The molecule has 30 heavy (non-hydrogen) atoms. The summed E-state index contributed by atoms with van der Waals surface area (Å²) >= 11 is 0. The summed E-state index contributed by atoms with van der Waals surface area (Å²) in [5.41, 5.74) is 0.273. The van der Waals surface area contributed by atoms with Crippen LogP contribution in [0.25, 0.3) is 0 Å². The molecule has 0 saturated heterocycles. The molecule has 3 N–H and O–H groups in total. The van der Waals surface area contributed by atoms with Crippen LogP contribution in [0.5, 0.6) is 0 Å². The van der Waals surface area contributed by atoms with E-state index in [9.17, 15) is 18.5 Å². The van der Waals surface area contributed by atoms with E-state index in [0.29, 0.717) is 19.0 Å². The highest BCUT2D eigenvalue weighted by Crippen LogP contribution is 2.27. The van der Waals surface area contributed by atoms with E-state index >= 15 is 0 Å². The molecule has 1 aromatic rings. The monoisotopic (exact) mass is 555 g/mol. The molecule has 9 nitrogen and oxygen atoms in total. The molecule has 0 aliphatic heterocycles. The second kappa shape index (κ2) is 12.3. The fourth-order valence-corrected chi connectivity index (χ4v) is 3.21. The maximum Gasteiger partial charge on any atom is 0.293 e. The number of anilines is 1. The number of aliphatic imine (C=N–C) groups is 1. The number of halogens is 1. The summed E-state index contributed by atoms with van der Waals surface area (Å²) in [6.07, 6.45) is 3.12. The average molecular weight is 555 g/mol. The maximum absolute atomic E-state index is 11.6. The lowest BCUT2D eigenvalue weighted by Gasteiger charge is -2.23. The minimum Gasteiger partial charge on any atom is -0.378 e. The van der Waals surface area contributed by atoms with Gasteiger partial charge in [-0.05, 0) is 37.3 Å². The van der Waals surface area contributed by atoms with Gasteiger partial charge in [0.2, 0.25) is 0 Å². The Hall–Kier alpha value is -1.63. The van der Waals surface area contributed by atoms with Crippen molar-refractivity contribution in [2.75, 3.05) is 31.7 Å². The van der Waals surface area contributed by atoms with Crippen molar-refractivity contribution >= 4 is 51.1 Å². The third-order valence-corrected chi connectivity index (χ3v) is 5.37. The van der Waals surface area contributed by atoms with Crippen molar-refractivity contribution in [3.05, 3.63) is 28.3 Å². The van der Waals surface area contributed by atoms with E-state index in [-0.39, 0.29) is 51.7 Å². The predicted molar refractivity (Wildman–Crippen MR) is 133 cm³/mol. The molecular weight excluding hydrogens is 521 g/mol. The number of nitro benzene ring substituents is 1. The molecule has 11 heteroatoms. The van der Waals surface area contributed by atoms with Crippen LogP contribution < -0.4 is 16.0 Å². The highest BCUT2D eigenvalue weighted by atomic mass is 127. The van der Waals surface area contributed by atoms with Gasteiger partial charge in [-0.3, -0.25) is 15.1 Å². The largest absolute Gasteiger partial charge is 0.378 e. The molecule has 0 heterocycles. The molecule has 0 saturated carbocycles. The second-order valence-corrected chi connectivity index (χ2v) is 10.3. The number of hydrogen-bond donors (Lipinski definition) is 3. The SMILES string of the molecule is CN=C(NCCNc1ccc(S(C)(=O)=O)cc1[N+](=O)[O-])NC(C)CCC(C)(C)C.I. The molecule has 1 aromatic carbocycles. The van der Waals surface area contributed by atoms with Crippen LogP contribution in [0.15, 0.2) is 28.1 Å². The van der Waals surface area contributed by atoms with Gasteiger partial charge in [-0.25, -0.2) is 8.42 Å². The van der Waals surface area contributed by atoms with Crippen LogP contribution in [0.1, 0.15) is 40.5 Å². The molecular formula is C19H34IN5O4S. The first-order valence-corrected chi connectivity index (χ1v) is 11.4. The van der Waals surface area contributed by atoms with Gasteiger partial charge in [0.25, 0.3) is 5.69 Å².